The first-order chi connectivity index (χ1) is 9.29. The molecule has 2 aromatic rings. The normalized spacial score (nSPS) is 11.8. The van der Waals surface area contributed by atoms with E-state index in [1.54, 1.807) is 14.0 Å². The first-order valence-electron chi connectivity index (χ1n) is 5.69. The van der Waals surface area contributed by atoms with Crippen molar-refractivity contribution < 1.29 is 8.42 Å². The van der Waals surface area contributed by atoms with Gasteiger partial charge in [0.25, 0.3) is 0 Å². The van der Waals surface area contributed by atoms with Gasteiger partial charge in [-0.25, -0.2) is 18.1 Å². The first kappa shape index (κ1) is 14.8. The smallest absolute Gasteiger partial charge is 0.241 e. The SMILES string of the molecule is Cc1c(N)cc(S(=O)(=O)NCc2ncn(C)n2)cc1Cl. The number of aryl methyl sites for hydroxylation is 1. The number of anilines is 1. The summed E-state index contributed by atoms with van der Waals surface area (Å²) in [5, 5.41) is 4.29. The lowest BCUT2D eigenvalue weighted by atomic mass is 10.2. The number of nitrogen functional groups attached to an aromatic ring is 1. The number of halogens is 1. The van der Waals surface area contributed by atoms with Gasteiger partial charge in [-0.2, -0.15) is 5.10 Å². The van der Waals surface area contributed by atoms with Crippen LogP contribution in [0.3, 0.4) is 0 Å². The minimum absolute atomic E-state index is 0.00538. The molecule has 7 nitrogen and oxygen atoms in total. The Morgan fingerprint density at radius 3 is 2.70 bits per heavy atom. The Bertz CT molecular complexity index is 718. The molecule has 0 unspecified atom stereocenters. The number of benzene rings is 1. The number of nitrogens with two attached hydrogens (primary N) is 1. The summed E-state index contributed by atoms with van der Waals surface area (Å²) < 4.78 is 28.2. The van der Waals surface area contributed by atoms with Gasteiger partial charge in [0.05, 0.1) is 11.4 Å². The average molecular weight is 316 g/mol. The number of hydrogen-bond donors (Lipinski definition) is 2. The van der Waals surface area contributed by atoms with Crippen LogP contribution < -0.4 is 10.5 Å². The van der Waals surface area contributed by atoms with Crippen LogP contribution in [0.15, 0.2) is 23.4 Å². The molecule has 0 amide bonds. The molecular weight excluding hydrogens is 302 g/mol. The van der Waals surface area contributed by atoms with Crippen LogP contribution in [0, 0.1) is 6.92 Å². The summed E-state index contributed by atoms with van der Waals surface area (Å²) in [5.74, 6) is 0.377. The van der Waals surface area contributed by atoms with Crippen molar-refractivity contribution in [1.82, 2.24) is 19.5 Å². The molecule has 0 radical (unpaired) electrons. The van der Waals surface area contributed by atoms with E-state index in [2.05, 4.69) is 14.8 Å². The van der Waals surface area contributed by atoms with Crippen molar-refractivity contribution in [2.24, 2.45) is 7.05 Å². The zero-order valence-electron chi connectivity index (χ0n) is 11.0. The van der Waals surface area contributed by atoms with Gasteiger partial charge in [0.2, 0.25) is 10.0 Å². The van der Waals surface area contributed by atoms with Gasteiger partial charge in [0.1, 0.15) is 6.33 Å². The summed E-state index contributed by atoms with van der Waals surface area (Å²) in [5.41, 5.74) is 6.70. The second-order valence-electron chi connectivity index (χ2n) is 4.28. The topological polar surface area (TPSA) is 103 Å². The van der Waals surface area contributed by atoms with Gasteiger partial charge >= 0.3 is 0 Å². The van der Waals surface area contributed by atoms with E-state index < -0.39 is 10.0 Å². The van der Waals surface area contributed by atoms with E-state index in [9.17, 15) is 8.42 Å². The fraction of sp³-hybridized carbons (Fsp3) is 0.273. The largest absolute Gasteiger partial charge is 0.398 e. The van der Waals surface area contributed by atoms with Gasteiger partial charge in [0.15, 0.2) is 5.82 Å². The summed E-state index contributed by atoms with van der Waals surface area (Å²) in [6.07, 6.45) is 1.49. The van der Waals surface area contributed by atoms with E-state index in [0.717, 1.165) is 0 Å². The molecule has 0 bridgehead atoms. The zero-order valence-corrected chi connectivity index (χ0v) is 12.5. The van der Waals surface area contributed by atoms with E-state index >= 15 is 0 Å². The molecule has 1 aromatic carbocycles. The summed E-state index contributed by atoms with van der Waals surface area (Å²) in [6, 6.07) is 2.73. The predicted molar refractivity (Wildman–Crippen MR) is 75.6 cm³/mol. The molecule has 0 saturated heterocycles. The van der Waals surface area contributed by atoms with Gasteiger partial charge < -0.3 is 5.73 Å². The molecule has 9 heteroatoms. The number of rotatable bonds is 4. The Labute approximate surface area is 121 Å². The van der Waals surface area contributed by atoms with Crippen LogP contribution in [0.25, 0.3) is 0 Å². The van der Waals surface area contributed by atoms with E-state index in [1.165, 1.54) is 23.1 Å². The Morgan fingerprint density at radius 2 is 2.15 bits per heavy atom. The Kier molecular flexibility index (Phi) is 3.98. The molecule has 2 rings (SSSR count). The number of aromatic nitrogens is 3. The van der Waals surface area contributed by atoms with Gasteiger partial charge in [0, 0.05) is 17.8 Å². The van der Waals surface area contributed by atoms with E-state index in [1.807, 2.05) is 0 Å². The van der Waals surface area contributed by atoms with Crippen molar-refractivity contribution in [3.8, 4) is 0 Å². The third kappa shape index (κ3) is 3.09. The maximum absolute atomic E-state index is 12.1. The fourth-order valence-electron chi connectivity index (χ4n) is 1.54. The monoisotopic (exact) mass is 315 g/mol. The lowest BCUT2D eigenvalue weighted by molar-refractivity contribution is 0.578. The lowest BCUT2D eigenvalue weighted by Crippen LogP contribution is -2.24. The third-order valence-electron chi connectivity index (χ3n) is 2.74. The van der Waals surface area contributed by atoms with Crippen LogP contribution in [-0.4, -0.2) is 23.2 Å². The van der Waals surface area contributed by atoms with E-state index in [4.69, 9.17) is 17.3 Å². The second kappa shape index (κ2) is 5.39. The minimum atomic E-state index is -3.71. The van der Waals surface area contributed by atoms with Crippen molar-refractivity contribution in [3.63, 3.8) is 0 Å². The number of nitrogens with one attached hydrogen (secondary N) is 1. The quantitative estimate of drug-likeness (QED) is 0.814. The number of sulfonamides is 1. The fourth-order valence-corrected chi connectivity index (χ4v) is 2.87. The summed E-state index contributed by atoms with van der Waals surface area (Å²) in [4.78, 5) is 3.95. The van der Waals surface area contributed by atoms with Gasteiger partial charge in [-0.1, -0.05) is 11.6 Å². The maximum atomic E-state index is 12.1. The van der Waals surface area contributed by atoms with Crippen LogP contribution >= 0.6 is 11.6 Å². The number of nitrogens with zero attached hydrogens (tertiary/aromatic N) is 3. The van der Waals surface area contributed by atoms with Gasteiger partial charge in [-0.05, 0) is 24.6 Å². The molecule has 0 aliphatic carbocycles. The standard InChI is InChI=1S/C11H14ClN5O2S/c1-7-9(12)3-8(4-10(7)13)20(18,19)15-5-11-14-6-17(2)16-11/h3-4,6,15H,5,13H2,1-2H3. The van der Waals surface area contributed by atoms with Crippen molar-refractivity contribution >= 4 is 27.3 Å². The van der Waals surface area contributed by atoms with Gasteiger partial charge in [-0.15, -0.1) is 0 Å². The van der Waals surface area contributed by atoms with Crippen molar-refractivity contribution in [1.29, 1.82) is 0 Å². The molecule has 0 fully saturated rings. The van der Waals surface area contributed by atoms with Gasteiger partial charge in [-0.3, -0.25) is 4.68 Å². The Hall–Kier alpha value is -1.64. The maximum Gasteiger partial charge on any atom is 0.241 e. The first-order valence-corrected chi connectivity index (χ1v) is 7.55. The average Bonchev–Trinajstić information content (AvgIpc) is 2.79. The third-order valence-corrected chi connectivity index (χ3v) is 4.51. The molecule has 1 aromatic heterocycles. The highest BCUT2D eigenvalue weighted by atomic mass is 35.5. The number of hydrogen-bond acceptors (Lipinski definition) is 5. The molecule has 0 atom stereocenters. The lowest BCUT2D eigenvalue weighted by Gasteiger charge is -2.09. The Morgan fingerprint density at radius 1 is 1.45 bits per heavy atom. The van der Waals surface area contributed by atoms with E-state index in [-0.39, 0.29) is 11.4 Å². The van der Waals surface area contributed by atoms with Crippen LogP contribution in [0.5, 0.6) is 0 Å². The van der Waals surface area contributed by atoms with E-state index in [0.29, 0.717) is 22.1 Å². The van der Waals surface area contributed by atoms with Crippen molar-refractivity contribution in [3.05, 3.63) is 34.9 Å². The highest BCUT2D eigenvalue weighted by molar-refractivity contribution is 7.89. The summed E-state index contributed by atoms with van der Waals surface area (Å²) >= 11 is 5.95. The highest BCUT2D eigenvalue weighted by Gasteiger charge is 2.17. The van der Waals surface area contributed by atoms with Crippen LogP contribution in [0.2, 0.25) is 5.02 Å². The highest BCUT2D eigenvalue weighted by Crippen LogP contribution is 2.25. The molecule has 0 spiro atoms. The predicted octanol–water partition coefficient (Wildman–Crippen LogP) is 0.838. The minimum Gasteiger partial charge on any atom is -0.398 e. The van der Waals surface area contributed by atoms with Crippen LogP contribution in [0.4, 0.5) is 5.69 Å². The molecule has 0 saturated carbocycles. The molecule has 108 valence electrons. The van der Waals surface area contributed by atoms with Crippen molar-refractivity contribution in [2.75, 3.05) is 5.73 Å². The molecule has 0 aliphatic heterocycles. The molecule has 3 N–H and O–H groups in total. The molecule has 20 heavy (non-hydrogen) atoms. The summed E-state index contributed by atoms with van der Waals surface area (Å²) in [6.45, 7) is 1.72. The molecule has 0 aliphatic rings. The molecular formula is C11H14ClN5O2S. The Balaban J connectivity index is 2.22. The second-order valence-corrected chi connectivity index (χ2v) is 6.45. The van der Waals surface area contributed by atoms with Crippen LogP contribution in [-0.2, 0) is 23.6 Å². The molecule has 1 heterocycles. The zero-order chi connectivity index (χ0) is 14.9. The van der Waals surface area contributed by atoms with Crippen molar-refractivity contribution in [2.45, 2.75) is 18.4 Å². The van der Waals surface area contributed by atoms with Crippen LogP contribution in [0.1, 0.15) is 11.4 Å². The summed E-state index contributed by atoms with van der Waals surface area (Å²) in [7, 11) is -2.01.